The molecular formula is C18H28N4O. The Kier molecular flexibility index (Phi) is 5.26. The van der Waals surface area contributed by atoms with Crippen LogP contribution in [0, 0.1) is 6.92 Å². The average molecular weight is 316 g/mol. The van der Waals surface area contributed by atoms with E-state index in [1.54, 1.807) is 6.33 Å². The number of carbonyl (C=O) groups is 1. The lowest BCUT2D eigenvalue weighted by atomic mass is 9.91. The van der Waals surface area contributed by atoms with Gasteiger partial charge in [0.15, 0.2) is 0 Å². The second-order valence-electron chi connectivity index (χ2n) is 7.04. The molecule has 2 aliphatic rings. The van der Waals surface area contributed by atoms with Gasteiger partial charge in [-0.25, -0.2) is 9.97 Å². The number of amides is 1. The Bertz CT molecular complexity index is 540. The van der Waals surface area contributed by atoms with Crippen LogP contribution in [0.2, 0.25) is 0 Å². The molecule has 1 atom stereocenters. The predicted octanol–water partition coefficient (Wildman–Crippen LogP) is 2.37. The Hall–Kier alpha value is -1.49. The number of nitrogens with zero attached hydrogens (tertiary/aromatic N) is 4. The minimum Gasteiger partial charge on any atom is -0.341 e. The molecule has 3 heterocycles. The highest BCUT2D eigenvalue weighted by molar-refractivity contribution is 5.82. The van der Waals surface area contributed by atoms with Gasteiger partial charge in [0.1, 0.15) is 6.33 Å². The van der Waals surface area contributed by atoms with E-state index in [2.05, 4.69) is 33.7 Å². The first-order chi connectivity index (χ1) is 11.2. The van der Waals surface area contributed by atoms with Crippen LogP contribution in [0.3, 0.4) is 0 Å². The van der Waals surface area contributed by atoms with Crippen molar-refractivity contribution in [3.63, 3.8) is 0 Å². The van der Waals surface area contributed by atoms with Crippen LogP contribution in [0.25, 0.3) is 0 Å². The van der Waals surface area contributed by atoms with Crippen LogP contribution in [0.1, 0.15) is 55.7 Å². The molecule has 2 fully saturated rings. The van der Waals surface area contributed by atoms with Crippen molar-refractivity contribution in [1.29, 1.82) is 0 Å². The Labute approximate surface area is 139 Å². The van der Waals surface area contributed by atoms with E-state index in [-0.39, 0.29) is 6.04 Å². The van der Waals surface area contributed by atoms with Crippen molar-refractivity contribution in [2.24, 2.45) is 0 Å². The lowest BCUT2D eigenvalue weighted by Gasteiger charge is -2.36. The predicted molar refractivity (Wildman–Crippen MR) is 90.2 cm³/mol. The molecule has 23 heavy (non-hydrogen) atoms. The van der Waals surface area contributed by atoms with E-state index in [0.29, 0.717) is 11.8 Å². The molecule has 0 bridgehead atoms. The molecule has 5 heteroatoms. The molecule has 1 aromatic rings. The number of aryl methyl sites for hydroxylation is 1. The van der Waals surface area contributed by atoms with Crippen molar-refractivity contribution >= 4 is 5.91 Å². The number of likely N-dealkylation sites (tertiary alicyclic amines) is 2. The molecule has 5 nitrogen and oxygen atoms in total. The monoisotopic (exact) mass is 316 g/mol. The highest BCUT2D eigenvalue weighted by atomic mass is 16.2. The van der Waals surface area contributed by atoms with Crippen LogP contribution in [-0.4, -0.2) is 58.4 Å². The molecule has 2 saturated heterocycles. The van der Waals surface area contributed by atoms with Crippen molar-refractivity contribution in [2.75, 3.05) is 26.7 Å². The van der Waals surface area contributed by atoms with E-state index in [1.165, 1.54) is 30.5 Å². The minimum atomic E-state index is 0.0924. The van der Waals surface area contributed by atoms with Gasteiger partial charge in [-0.05, 0) is 51.8 Å². The molecule has 0 aromatic carbocycles. The molecule has 0 N–H and O–H groups in total. The van der Waals surface area contributed by atoms with Gasteiger partial charge in [-0.1, -0.05) is 12.8 Å². The molecule has 1 aromatic heterocycles. The molecule has 0 radical (unpaired) electrons. The van der Waals surface area contributed by atoms with Gasteiger partial charge in [-0.3, -0.25) is 9.69 Å². The minimum absolute atomic E-state index is 0.0924. The lowest BCUT2D eigenvalue weighted by molar-refractivity contribution is -0.137. The normalized spacial score (nSPS) is 24.4. The van der Waals surface area contributed by atoms with Crippen molar-refractivity contribution in [3.05, 3.63) is 23.8 Å². The van der Waals surface area contributed by atoms with Crippen molar-refractivity contribution < 1.29 is 4.79 Å². The second-order valence-corrected chi connectivity index (χ2v) is 7.04. The zero-order chi connectivity index (χ0) is 16.2. The van der Waals surface area contributed by atoms with Gasteiger partial charge in [0, 0.05) is 30.9 Å². The smallest absolute Gasteiger partial charge is 0.239 e. The summed E-state index contributed by atoms with van der Waals surface area (Å²) in [5.41, 5.74) is 2.33. The number of hydrogen-bond acceptors (Lipinski definition) is 4. The summed E-state index contributed by atoms with van der Waals surface area (Å²) >= 11 is 0. The first-order valence-corrected chi connectivity index (χ1v) is 8.92. The van der Waals surface area contributed by atoms with Gasteiger partial charge >= 0.3 is 0 Å². The molecule has 1 unspecified atom stereocenters. The van der Waals surface area contributed by atoms with Gasteiger partial charge in [-0.2, -0.15) is 0 Å². The van der Waals surface area contributed by atoms with Crippen LogP contribution in [0.5, 0.6) is 0 Å². The first-order valence-electron chi connectivity index (χ1n) is 8.92. The number of likely N-dealkylation sites (N-methyl/N-ethyl adjacent to an activating group) is 1. The topological polar surface area (TPSA) is 49.3 Å². The van der Waals surface area contributed by atoms with E-state index in [9.17, 15) is 4.79 Å². The number of aromatic nitrogens is 2. The quantitative estimate of drug-likeness (QED) is 0.840. The largest absolute Gasteiger partial charge is 0.341 e. The summed E-state index contributed by atoms with van der Waals surface area (Å²) in [6.07, 6.45) is 10.2. The third-order valence-corrected chi connectivity index (χ3v) is 5.43. The molecule has 0 spiro atoms. The molecule has 0 saturated carbocycles. The fourth-order valence-corrected chi connectivity index (χ4v) is 3.98. The average Bonchev–Trinajstić information content (AvgIpc) is 2.79. The van der Waals surface area contributed by atoms with Crippen LogP contribution >= 0.6 is 0 Å². The number of piperidine rings is 1. The maximum absolute atomic E-state index is 12.9. The van der Waals surface area contributed by atoms with Gasteiger partial charge in [-0.15, -0.1) is 0 Å². The van der Waals surface area contributed by atoms with Gasteiger partial charge in [0.2, 0.25) is 5.91 Å². The Morgan fingerprint density at radius 1 is 1.13 bits per heavy atom. The van der Waals surface area contributed by atoms with E-state index >= 15 is 0 Å². The van der Waals surface area contributed by atoms with Gasteiger partial charge in [0.25, 0.3) is 0 Å². The summed E-state index contributed by atoms with van der Waals surface area (Å²) in [7, 11) is 2.10. The van der Waals surface area contributed by atoms with Crippen LogP contribution in [-0.2, 0) is 4.79 Å². The zero-order valence-electron chi connectivity index (χ0n) is 14.4. The third kappa shape index (κ3) is 3.71. The van der Waals surface area contributed by atoms with Crippen molar-refractivity contribution in [3.8, 4) is 0 Å². The molecule has 0 aliphatic carbocycles. The fraction of sp³-hybridized carbons (Fsp3) is 0.722. The van der Waals surface area contributed by atoms with E-state index in [0.717, 1.165) is 38.9 Å². The van der Waals surface area contributed by atoms with Gasteiger partial charge in [0.05, 0.1) is 6.04 Å². The zero-order valence-corrected chi connectivity index (χ0v) is 14.4. The number of hydrogen-bond donors (Lipinski definition) is 0. The molecule has 126 valence electrons. The summed E-state index contributed by atoms with van der Waals surface area (Å²) in [6.45, 7) is 4.84. The SMILES string of the molecule is Cc1cncnc1C1CCN(C(=O)C2CCCCCN2C)CC1. The van der Waals surface area contributed by atoms with Crippen LogP contribution in [0.15, 0.2) is 12.5 Å². The Morgan fingerprint density at radius 2 is 1.91 bits per heavy atom. The summed E-state index contributed by atoms with van der Waals surface area (Å²) in [6, 6.07) is 0.0924. The summed E-state index contributed by atoms with van der Waals surface area (Å²) in [5, 5.41) is 0. The summed E-state index contributed by atoms with van der Waals surface area (Å²) in [4.78, 5) is 25.8. The third-order valence-electron chi connectivity index (χ3n) is 5.43. The van der Waals surface area contributed by atoms with Crippen molar-refractivity contribution in [1.82, 2.24) is 19.8 Å². The highest BCUT2D eigenvalue weighted by Gasteiger charge is 2.32. The summed E-state index contributed by atoms with van der Waals surface area (Å²) < 4.78 is 0. The Balaban J connectivity index is 1.60. The number of carbonyl (C=O) groups excluding carboxylic acids is 1. The fourth-order valence-electron chi connectivity index (χ4n) is 3.98. The standard InChI is InChI=1S/C18H28N4O/c1-14-12-19-13-20-17(14)15-7-10-22(11-8-15)18(23)16-6-4-3-5-9-21(16)2/h12-13,15-16H,3-11H2,1-2H3. The molecular weight excluding hydrogens is 288 g/mol. The second kappa shape index (κ2) is 7.39. The molecule has 2 aliphatic heterocycles. The number of rotatable bonds is 2. The molecule has 1 amide bonds. The van der Waals surface area contributed by atoms with Crippen molar-refractivity contribution in [2.45, 2.75) is 57.4 Å². The summed E-state index contributed by atoms with van der Waals surface area (Å²) in [5.74, 6) is 0.807. The Morgan fingerprint density at radius 3 is 2.65 bits per heavy atom. The highest BCUT2D eigenvalue weighted by Crippen LogP contribution is 2.29. The molecule has 3 rings (SSSR count). The van der Waals surface area contributed by atoms with Crippen LogP contribution in [0.4, 0.5) is 0 Å². The van der Waals surface area contributed by atoms with E-state index in [1.807, 2.05) is 6.20 Å². The first kappa shape index (κ1) is 16.4. The maximum atomic E-state index is 12.9. The van der Waals surface area contributed by atoms with Gasteiger partial charge < -0.3 is 4.90 Å². The van der Waals surface area contributed by atoms with E-state index in [4.69, 9.17) is 0 Å². The van der Waals surface area contributed by atoms with Crippen LogP contribution < -0.4 is 0 Å². The maximum Gasteiger partial charge on any atom is 0.239 e. The lowest BCUT2D eigenvalue weighted by Crippen LogP contribution is -2.49. The van der Waals surface area contributed by atoms with E-state index < -0.39 is 0 Å².